The topological polar surface area (TPSA) is 141 Å². The molecule has 2 atom stereocenters. The number of alkyl halides is 3. The van der Waals surface area contributed by atoms with Crippen LogP contribution >= 0.6 is 0 Å². The summed E-state index contributed by atoms with van der Waals surface area (Å²) in [6, 6.07) is 3.59. The number of nitrogens with one attached hydrogen (secondary N) is 2. The summed E-state index contributed by atoms with van der Waals surface area (Å²) in [4.78, 5) is 39.3. The maximum Gasteiger partial charge on any atom is 0.416 e. The molecule has 2 aromatic rings. The fourth-order valence-corrected chi connectivity index (χ4v) is 4.67. The highest BCUT2D eigenvalue weighted by atomic mass is 19.4. The van der Waals surface area contributed by atoms with Gasteiger partial charge in [-0.1, -0.05) is 0 Å². The Hall–Kier alpha value is -4.30. The summed E-state index contributed by atoms with van der Waals surface area (Å²) in [5.41, 5.74) is -1.02. The smallest absolute Gasteiger partial charge is 0.416 e. The first-order valence-corrected chi connectivity index (χ1v) is 14.8. The largest absolute Gasteiger partial charge is 0.496 e. The van der Waals surface area contributed by atoms with Crippen molar-refractivity contribution in [3.63, 3.8) is 0 Å². The normalized spacial score (nSPS) is 17.2. The molecular formula is C31H42F3N5O7. The number of anilines is 1. The van der Waals surface area contributed by atoms with E-state index in [0.717, 1.165) is 12.1 Å². The molecule has 0 unspecified atom stereocenters. The van der Waals surface area contributed by atoms with Crippen molar-refractivity contribution in [2.45, 2.75) is 90.8 Å². The van der Waals surface area contributed by atoms with Crippen LogP contribution in [0.25, 0.3) is 11.3 Å². The van der Waals surface area contributed by atoms with Gasteiger partial charge in [0.2, 0.25) is 0 Å². The van der Waals surface area contributed by atoms with E-state index in [9.17, 15) is 27.6 Å². The number of amides is 2. The van der Waals surface area contributed by atoms with E-state index in [4.69, 9.17) is 18.9 Å². The fraction of sp³-hybridized carbons (Fsp3) is 0.581. The van der Waals surface area contributed by atoms with Gasteiger partial charge in [-0.05, 0) is 91.1 Å². The van der Waals surface area contributed by atoms with Crippen LogP contribution in [0.3, 0.4) is 0 Å². The average molecular weight is 654 g/mol. The third-order valence-corrected chi connectivity index (χ3v) is 6.62. The number of aryl methyl sites for hydroxylation is 1. The van der Waals surface area contributed by atoms with Crippen molar-refractivity contribution in [3.8, 4) is 17.0 Å². The van der Waals surface area contributed by atoms with Crippen LogP contribution in [0.4, 0.5) is 28.6 Å². The van der Waals surface area contributed by atoms with Crippen LogP contribution in [-0.4, -0.2) is 83.3 Å². The maximum absolute atomic E-state index is 13.2. The average Bonchev–Trinajstić information content (AvgIpc) is 2.92. The molecule has 46 heavy (non-hydrogen) atoms. The van der Waals surface area contributed by atoms with Gasteiger partial charge in [0.25, 0.3) is 0 Å². The summed E-state index contributed by atoms with van der Waals surface area (Å²) in [5.74, 6) is -0.261. The molecule has 2 heterocycles. The number of nitrogens with zero attached hydrogens (tertiary/aromatic N) is 3. The van der Waals surface area contributed by atoms with Crippen LogP contribution < -0.4 is 15.4 Å². The molecule has 2 amide bonds. The number of carbonyl (C=O) groups excluding carboxylic acids is 3. The van der Waals surface area contributed by atoms with Gasteiger partial charge in [-0.3, -0.25) is 4.90 Å². The van der Waals surface area contributed by atoms with E-state index in [1.165, 1.54) is 18.1 Å². The van der Waals surface area contributed by atoms with E-state index in [1.807, 2.05) is 0 Å². The zero-order chi connectivity index (χ0) is 34.4. The molecule has 2 N–H and O–H groups in total. The van der Waals surface area contributed by atoms with E-state index in [2.05, 4.69) is 20.8 Å². The molecule has 0 radical (unpaired) electrons. The van der Waals surface area contributed by atoms with Crippen LogP contribution in [0.2, 0.25) is 0 Å². The minimum Gasteiger partial charge on any atom is -0.496 e. The van der Waals surface area contributed by atoms with E-state index >= 15 is 0 Å². The second-order valence-corrected chi connectivity index (χ2v) is 12.8. The molecule has 0 aliphatic carbocycles. The van der Waals surface area contributed by atoms with E-state index in [0.29, 0.717) is 29.1 Å². The van der Waals surface area contributed by atoms with Crippen LogP contribution in [0.15, 0.2) is 24.3 Å². The SMILES string of the molecule is COc1cc(C(F)(F)F)ccc1-c1nnc(N[C@@H]2CC[C@@H](C(=O)OCCNC(=O)OC(C)(C)C)N(C(=O)OC(C)(C)C)C2)cc1C. The van der Waals surface area contributed by atoms with Gasteiger partial charge < -0.3 is 29.6 Å². The molecule has 15 heteroatoms. The molecule has 1 saturated heterocycles. The van der Waals surface area contributed by atoms with Crippen LogP contribution in [-0.2, 0) is 25.2 Å². The number of piperidine rings is 1. The van der Waals surface area contributed by atoms with Gasteiger partial charge in [-0.2, -0.15) is 13.2 Å². The van der Waals surface area contributed by atoms with Crippen LogP contribution in [0, 0.1) is 6.92 Å². The number of aromatic nitrogens is 2. The van der Waals surface area contributed by atoms with Crippen molar-refractivity contribution >= 4 is 24.0 Å². The van der Waals surface area contributed by atoms with Gasteiger partial charge in [0.05, 0.1) is 24.9 Å². The van der Waals surface area contributed by atoms with Crippen molar-refractivity contribution in [1.29, 1.82) is 0 Å². The number of alkyl carbamates (subject to hydrolysis) is 1. The van der Waals surface area contributed by atoms with Crippen molar-refractivity contribution in [3.05, 3.63) is 35.4 Å². The number of likely N-dealkylation sites (tertiary alicyclic amines) is 1. The van der Waals surface area contributed by atoms with Crippen LogP contribution in [0.1, 0.15) is 65.5 Å². The second-order valence-electron chi connectivity index (χ2n) is 12.8. The van der Waals surface area contributed by atoms with Crippen molar-refractivity contribution < 1.29 is 46.5 Å². The summed E-state index contributed by atoms with van der Waals surface area (Å²) in [6.45, 7) is 12.1. The third-order valence-electron chi connectivity index (χ3n) is 6.62. The minimum absolute atomic E-state index is 0.00627. The number of hydrogen-bond acceptors (Lipinski definition) is 10. The fourth-order valence-electron chi connectivity index (χ4n) is 4.67. The predicted octanol–water partition coefficient (Wildman–Crippen LogP) is 5.73. The monoisotopic (exact) mass is 653 g/mol. The number of benzene rings is 1. The zero-order valence-electron chi connectivity index (χ0n) is 27.3. The van der Waals surface area contributed by atoms with Crippen molar-refractivity contribution in [2.24, 2.45) is 0 Å². The van der Waals surface area contributed by atoms with Crippen molar-refractivity contribution in [1.82, 2.24) is 20.4 Å². The summed E-state index contributed by atoms with van der Waals surface area (Å²) in [6.07, 6.45) is -5.15. The molecule has 0 spiro atoms. The number of methoxy groups -OCH3 is 1. The summed E-state index contributed by atoms with van der Waals surface area (Å²) < 4.78 is 60.9. The Kier molecular flexibility index (Phi) is 11.3. The van der Waals surface area contributed by atoms with E-state index in [-0.39, 0.29) is 37.9 Å². The first-order chi connectivity index (χ1) is 21.3. The number of esters is 1. The first-order valence-electron chi connectivity index (χ1n) is 14.8. The molecule has 1 aliphatic rings. The molecule has 0 bridgehead atoms. The minimum atomic E-state index is -4.53. The molecular weight excluding hydrogens is 611 g/mol. The summed E-state index contributed by atoms with van der Waals surface area (Å²) >= 11 is 0. The lowest BCUT2D eigenvalue weighted by Crippen LogP contribution is -2.55. The molecule has 1 aromatic carbocycles. The number of hydrogen-bond donors (Lipinski definition) is 2. The van der Waals surface area contributed by atoms with E-state index < -0.39 is 47.1 Å². The summed E-state index contributed by atoms with van der Waals surface area (Å²) in [5, 5.41) is 14.2. The molecule has 254 valence electrons. The Morgan fingerprint density at radius 1 is 0.978 bits per heavy atom. The first kappa shape index (κ1) is 36.2. The summed E-state index contributed by atoms with van der Waals surface area (Å²) in [7, 11) is 1.28. The number of ether oxygens (including phenoxy) is 4. The Balaban J connectivity index is 1.70. The van der Waals surface area contributed by atoms with Crippen LogP contribution in [0.5, 0.6) is 5.75 Å². The van der Waals surface area contributed by atoms with Gasteiger partial charge in [-0.15, -0.1) is 10.2 Å². The highest BCUT2D eigenvalue weighted by Crippen LogP contribution is 2.37. The van der Waals surface area contributed by atoms with Crippen molar-refractivity contribution in [2.75, 3.05) is 32.1 Å². The number of halogens is 3. The molecule has 1 aromatic heterocycles. The second kappa shape index (κ2) is 14.4. The van der Waals surface area contributed by atoms with Gasteiger partial charge in [-0.25, -0.2) is 14.4 Å². The molecule has 3 rings (SSSR count). The highest BCUT2D eigenvalue weighted by molar-refractivity contribution is 5.82. The quantitative estimate of drug-likeness (QED) is 0.206. The standard InChI is InChI=1S/C31H42F3N5O7/c1-18-15-24(37-38-25(18)21-11-9-19(31(32,33)34)16-23(21)43-8)36-20-10-12-22(39(17-20)28(42)46-30(5,6)7)26(40)44-14-13-35-27(41)45-29(2,3)4/h9,11,15-16,20,22H,10,12-14,17H2,1-8H3,(H,35,41)(H,36,37)/t20-,22+/m1/s1. The molecule has 1 aliphatic heterocycles. The lowest BCUT2D eigenvalue weighted by molar-refractivity contribution is -0.151. The van der Waals surface area contributed by atoms with Gasteiger partial charge in [0.15, 0.2) is 0 Å². The van der Waals surface area contributed by atoms with Gasteiger partial charge >= 0.3 is 24.3 Å². The third kappa shape index (κ3) is 10.4. The van der Waals surface area contributed by atoms with E-state index in [1.54, 1.807) is 54.5 Å². The molecule has 0 saturated carbocycles. The predicted molar refractivity (Wildman–Crippen MR) is 162 cm³/mol. The Morgan fingerprint density at radius 3 is 2.24 bits per heavy atom. The number of rotatable bonds is 8. The lowest BCUT2D eigenvalue weighted by Gasteiger charge is -2.39. The lowest BCUT2D eigenvalue weighted by atomic mass is 9.98. The molecule has 12 nitrogen and oxygen atoms in total. The Labute approximate surface area is 266 Å². The maximum atomic E-state index is 13.2. The number of carbonyl (C=O) groups is 3. The Morgan fingerprint density at radius 2 is 1.65 bits per heavy atom. The van der Waals surface area contributed by atoms with Gasteiger partial charge in [0, 0.05) is 18.2 Å². The zero-order valence-corrected chi connectivity index (χ0v) is 27.3. The molecule has 1 fully saturated rings. The van der Waals surface area contributed by atoms with Gasteiger partial charge in [0.1, 0.15) is 35.4 Å². The Bertz CT molecular complexity index is 1410. The highest BCUT2D eigenvalue weighted by Gasteiger charge is 2.39.